The monoisotopic (exact) mass is 795 g/mol. The Morgan fingerprint density at radius 2 is 1.19 bits per heavy atom. The van der Waals surface area contributed by atoms with Gasteiger partial charge in [-0.2, -0.15) is 0 Å². The molecular weight excluding hydrogens is 742 g/mol. The lowest BCUT2D eigenvalue weighted by atomic mass is 9.97. The molecule has 17 heteroatoms. The predicted molar refractivity (Wildman–Crippen MR) is 206 cm³/mol. The molecule has 0 radical (unpaired) electrons. The minimum Gasteiger partial charge on any atom is -0.432 e. The zero-order valence-electron chi connectivity index (χ0n) is 32.9. The Morgan fingerprint density at radius 1 is 0.702 bits per heavy atom. The quantitative estimate of drug-likeness (QED) is 0.0536. The molecule has 0 bridgehead atoms. The van der Waals surface area contributed by atoms with Gasteiger partial charge in [-0.05, 0) is 87.1 Å². The molecule has 4 N–H and O–H groups in total. The van der Waals surface area contributed by atoms with E-state index in [0.29, 0.717) is 73.3 Å². The number of ether oxygens (including phenoxy) is 4. The summed E-state index contributed by atoms with van der Waals surface area (Å²) in [6.07, 6.45) is -0.490. The summed E-state index contributed by atoms with van der Waals surface area (Å²) >= 11 is 0. The van der Waals surface area contributed by atoms with Crippen molar-refractivity contribution in [3.8, 4) is 11.1 Å². The minimum absolute atomic E-state index is 0.0680. The molecule has 1 aliphatic carbocycles. The van der Waals surface area contributed by atoms with Crippen LogP contribution in [0.25, 0.3) is 11.1 Å². The fraction of sp³-hybridized carbons (Fsp3) is 0.525. The molecule has 2 unspecified atom stereocenters. The molecule has 6 amide bonds. The first kappa shape index (κ1) is 44.3. The lowest BCUT2D eigenvalue weighted by Gasteiger charge is -2.17. The van der Waals surface area contributed by atoms with Crippen molar-refractivity contribution in [2.75, 3.05) is 50.2 Å². The van der Waals surface area contributed by atoms with Crippen LogP contribution in [0.5, 0.6) is 0 Å². The molecule has 0 spiro atoms. The van der Waals surface area contributed by atoms with Crippen molar-refractivity contribution in [1.82, 2.24) is 15.7 Å². The van der Waals surface area contributed by atoms with E-state index in [4.69, 9.17) is 23.8 Å². The molecule has 0 aromatic heterocycles. The van der Waals surface area contributed by atoms with Gasteiger partial charge < -0.3 is 40.2 Å². The number of hydrogen-bond donors (Lipinski definition) is 4. The van der Waals surface area contributed by atoms with Crippen molar-refractivity contribution in [2.45, 2.75) is 97.4 Å². The SMILES string of the molecule is CCOC(C)OCCNC(=O)CCCC(=O)Nc1ccc2c(c1)C(COC(=O)ON1C(=O)CCC1=O)c1cc(NC(=O)CCCC(=O)NCCOC(C)C)ccc1-2. The van der Waals surface area contributed by atoms with Gasteiger partial charge in [0.25, 0.3) is 11.8 Å². The van der Waals surface area contributed by atoms with E-state index in [0.717, 1.165) is 11.1 Å². The molecular formula is C40H53N5O12. The third kappa shape index (κ3) is 14.2. The summed E-state index contributed by atoms with van der Waals surface area (Å²) in [6.45, 7) is 9.14. The van der Waals surface area contributed by atoms with E-state index in [1.54, 1.807) is 31.2 Å². The average Bonchev–Trinajstić information content (AvgIpc) is 3.64. The fourth-order valence-corrected chi connectivity index (χ4v) is 6.23. The molecule has 2 aliphatic rings. The van der Waals surface area contributed by atoms with Gasteiger partial charge in [0.15, 0.2) is 6.29 Å². The van der Waals surface area contributed by atoms with Crippen LogP contribution in [0.2, 0.25) is 0 Å². The molecule has 1 saturated heterocycles. The Kier molecular flexibility index (Phi) is 17.4. The van der Waals surface area contributed by atoms with Gasteiger partial charge >= 0.3 is 6.16 Å². The summed E-state index contributed by atoms with van der Waals surface area (Å²) < 4.78 is 21.5. The molecule has 1 aliphatic heterocycles. The fourth-order valence-electron chi connectivity index (χ4n) is 6.23. The molecule has 310 valence electrons. The van der Waals surface area contributed by atoms with Crippen molar-refractivity contribution >= 4 is 53.0 Å². The van der Waals surface area contributed by atoms with E-state index in [1.807, 2.05) is 32.9 Å². The van der Waals surface area contributed by atoms with Crippen molar-refractivity contribution in [3.63, 3.8) is 0 Å². The van der Waals surface area contributed by atoms with Gasteiger partial charge in [-0.3, -0.25) is 33.6 Å². The molecule has 2 aromatic rings. The van der Waals surface area contributed by atoms with Crippen LogP contribution in [0.3, 0.4) is 0 Å². The highest BCUT2D eigenvalue weighted by molar-refractivity contribution is 6.01. The summed E-state index contributed by atoms with van der Waals surface area (Å²) in [7, 11) is 0. The summed E-state index contributed by atoms with van der Waals surface area (Å²) in [5, 5.41) is 11.6. The number of carbonyl (C=O) groups excluding carboxylic acids is 7. The van der Waals surface area contributed by atoms with Gasteiger partial charge in [-0.25, -0.2) is 4.79 Å². The van der Waals surface area contributed by atoms with E-state index in [1.165, 1.54) is 0 Å². The smallest absolute Gasteiger partial charge is 0.432 e. The minimum atomic E-state index is -1.24. The third-order valence-corrected chi connectivity index (χ3v) is 8.92. The number of anilines is 2. The molecule has 1 fully saturated rings. The molecule has 4 rings (SSSR count). The van der Waals surface area contributed by atoms with Crippen LogP contribution >= 0.6 is 0 Å². The highest BCUT2D eigenvalue weighted by Gasteiger charge is 2.35. The summed E-state index contributed by atoms with van der Waals surface area (Å²) in [4.78, 5) is 91.6. The maximum absolute atomic E-state index is 12.9. The van der Waals surface area contributed by atoms with Gasteiger partial charge in [0.1, 0.15) is 6.61 Å². The summed E-state index contributed by atoms with van der Waals surface area (Å²) in [6, 6.07) is 10.6. The largest absolute Gasteiger partial charge is 0.533 e. The van der Waals surface area contributed by atoms with Gasteiger partial charge in [-0.1, -0.05) is 17.2 Å². The van der Waals surface area contributed by atoms with Crippen LogP contribution in [-0.2, 0) is 52.6 Å². The number of nitrogens with zero attached hydrogens (tertiary/aromatic N) is 1. The molecule has 1 heterocycles. The number of nitrogens with one attached hydrogen (secondary N) is 4. The Balaban J connectivity index is 1.36. The molecule has 0 saturated carbocycles. The summed E-state index contributed by atoms with van der Waals surface area (Å²) in [5.74, 6) is -2.85. The van der Waals surface area contributed by atoms with Crippen LogP contribution in [0.1, 0.15) is 96.1 Å². The van der Waals surface area contributed by atoms with Gasteiger partial charge in [0.2, 0.25) is 23.6 Å². The van der Waals surface area contributed by atoms with Crippen LogP contribution in [0, 0.1) is 0 Å². The lowest BCUT2D eigenvalue weighted by molar-refractivity contribution is -0.177. The number of carbonyl (C=O) groups is 7. The maximum Gasteiger partial charge on any atom is 0.533 e. The zero-order valence-corrected chi connectivity index (χ0v) is 32.9. The van der Waals surface area contributed by atoms with Crippen LogP contribution in [0.4, 0.5) is 16.2 Å². The van der Waals surface area contributed by atoms with Crippen molar-refractivity contribution in [1.29, 1.82) is 0 Å². The Bertz CT molecular complexity index is 1750. The molecule has 2 atom stereocenters. The van der Waals surface area contributed by atoms with E-state index in [-0.39, 0.29) is 81.2 Å². The third-order valence-electron chi connectivity index (χ3n) is 8.92. The molecule has 17 nitrogen and oxygen atoms in total. The number of amides is 6. The topological polar surface area (TPSA) is 217 Å². The first-order valence-corrected chi connectivity index (χ1v) is 19.3. The van der Waals surface area contributed by atoms with Gasteiger partial charge in [0.05, 0.1) is 19.3 Å². The van der Waals surface area contributed by atoms with E-state index >= 15 is 0 Å². The number of hydroxylamine groups is 2. The Hall–Kier alpha value is -5.39. The maximum atomic E-state index is 12.9. The second-order valence-electron chi connectivity index (χ2n) is 13.7. The molecule has 2 aromatic carbocycles. The average molecular weight is 796 g/mol. The van der Waals surface area contributed by atoms with Gasteiger partial charge in [0, 0.05) is 75.5 Å². The number of benzene rings is 2. The number of hydrogen-bond acceptors (Lipinski definition) is 12. The number of fused-ring (bicyclic) bond motifs is 3. The van der Waals surface area contributed by atoms with Crippen molar-refractivity contribution < 1.29 is 57.3 Å². The van der Waals surface area contributed by atoms with E-state index in [9.17, 15) is 33.6 Å². The number of rotatable bonds is 23. The van der Waals surface area contributed by atoms with Crippen LogP contribution < -0.4 is 21.3 Å². The second-order valence-corrected chi connectivity index (χ2v) is 13.7. The van der Waals surface area contributed by atoms with Crippen LogP contribution in [-0.4, -0.2) is 98.6 Å². The highest BCUT2D eigenvalue weighted by Crippen LogP contribution is 2.47. The Morgan fingerprint density at radius 3 is 1.68 bits per heavy atom. The first-order valence-electron chi connectivity index (χ1n) is 19.3. The summed E-state index contributed by atoms with van der Waals surface area (Å²) in [5.41, 5.74) is 3.97. The lowest BCUT2D eigenvalue weighted by Crippen LogP contribution is -2.32. The van der Waals surface area contributed by atoms with Gasteiger partial charge in [-0.15, -0.1) is 0 Å². The Labute approximate surface area is 331 Å². The normalized spacial score (nSPS) is 14.8. The standard InChI is InChI=1S/C40H53N5O12/c1-5-53-26(4)55-21-19-42-35(47)9-7-11-37(49)44-28-13-15-30-29-14-12-27(43-36(48)10-6-8-34(46)41-18-20-54-25(2)3)22-31(29)33(32(30)23-28)24-56-40(52)57-45-38(50)16-17-39(45)51/h12-15,22-23,25-26,33H,5-11,16-21,24H2,1-4H3,(H,41,46)(H,42,47)(H,43,48)(H,44,49). The van der Waals surface area contributed by atoms with E-state index < -0.39 is 23.9 Å². The zero-order chi connectivity index (χ0) is 41.3. The predicted octanol–water partition coefficient (Wildman–Crippen LogP) is 4.29. The number of imide groups is 1. The van der Waals surface area contributed by atoms with Crippen LogP contribution in [0.15, 0.2) is 36.4 Å². The van der Waals surface area contributed by atoms with Crippen molar-refractivity contribution in [2.24, 2.45) is 0 Å². The molecule has 57 heavy (non-hydrogen) atoms. The highest BCUT2D eigenvalue weighted by atomic mass is 16.8. The second kappa shape index (κ2) is 22.4. The van der Waals surface area contributed by atoms with E-state index in [2.05, 4.69) is 21.3 Å². The first-order chi connectivity index (χ1) is 27.3. The van der Waals surface area contributed by atoms with Crippen molar-refractivity contribution in [3.05, 3.63) is 47.5 Å².